The van der Waals surface area contributed by atoms with E-state index >= 15 is 0 Å². The Morgan fingerprint density at radius 3 is 2.32 bits per heavy atom. The molecule has 0 aliphatic carbocycles. The Kier molecular flexibility index (Phi) is 11.1. The number of rotatable bonds is 13. The molecule has 144 valence electrons. The van der Waals surface area contributed by atoms with Gasteiger partial charge >= 0.3 is 0 Å². The molecule has 0 aliphatic heterocycles. The third-order valence-corrected chi connectivity index (χ3v) is 4.96. The summed E-state index contributed by atoms with van der Waals surface area (Å²) < 4.78 is 2.48. The van der Waals surface area contributed by atoms with Crippen molar-refractivity contribution in [2.75, 3.05) is 19.6 Å². The minimum absolute atomic E-state index is 0.0548. The zero-order chi connectivity index (χ0) is 18.7. The number of amides is 1. The van der Waals surface area contributed by atoms with E-state index in [1.165, 1.54) is 38.5 Å². The Labute approximate surface area is 161 Å². The molecule has 25 heavy (non-hydrogen) atoms. The number of halogens is 1. The van der Waals surface area contributed by atoms with Crippen LogP contribution in [-0.4, -0.2) is 46.3 Å². The highest BCUT2D eigenvalue weighted by Crippen LogP contribution is 2.16. The Balaban J connectivity index is 2.57. The summed E-state index contributed by atoms with van der Waals surface area (Å²) in [7, 11) is 0. The van der Waals surface area contributed by atoms with Gasteiger partial charge in [-0.15, -0.1) is 0 Å². The second-order valence-electron chi connectivity index (χ2n) is 6.75. The van der Waals surface area contributed by atoms with Crippen LogP contribution in [0.3, 0.4) is 0 Å². The van der Waals surface area contributed by atoms with Gasteiger partial charge < -0.3 is 10.2 Å². The molecule has 1 heterocycles. The minimum atomic E-state index is -0.0548. The standard InChI is InChI=1S/C19H35BrN4O/c1-5-8-10-12-23(13-11-9-6-2)15-16(4)22-19(25)18-17(20)14-21-24(18)7-3/h14,16H,5-13,15H2,1-4H3,(H,22,25). The average molecular weight is 415 g/mol. The number of carbonyl (C=O) groups excluding carboxylic acids is 1. The molecule has 5 nitrogen and oxygen atoms in total. The van der Waals surface area contributed by atoms with E-state index in [9.17, 15) is 4.79 Å². The van der Waals surface area contributed by atoms with Crippen LogP contribution in [-0.2, 0) is 6.54 Å². The number of aryl methyl sites for hydroxylation is 1. The highest BCUT2D eigenvalue weighted by molar-refractivity contribution is 9.10. The number of nitrogens with zero attached hydrogens (tertiary/aromatic N) is 3. The lowest BCUT2D eigenvalue weighted by atomic mass is 10.2. The lowest BCUT2D eigenvalue weighted by Crippen LogP contribution is -2.43. The van der Waals surface area contributed by atoms with Crippen molar-refractivity contribution in [1.29, 1.82) is 0 Å². The Hall–Kier alpha value is -0.880. The van der Waals surface area contributed by atoms with E-state index in [1.54, 1.807) is 10.9 Å². The molecule has 1 aromatic heterocycles. The zero-order valence-electron chi connectivity index (χ0n) is 16.4. The highest BCUT2D eigenvalue weighted by atomic mass is 79.9. The molecule has 1 rings (SSSR count). The maximum absolute atomic E-state index is 12.6. The van der Waals surface area contributed by atoms with Crippen molar-refractivity contribution in [3.8, 4) is 0 Å². The van der Waals surface area contributed by atoms with Crippen molar-refractivity contribution >= 4 is 21.8 Å². The number of nitrogens with one attached hydrogen (secondary N) is 1. The van der Waals surface area contributed by atoms with Crippen molar-refractivity contribution in [3.05, 3.63) is 16.4 Å². The first-order valence-corrected chi connectivity index (χ1v) is 10.6. The van der Waals surface area contributed by atoms with Crippen LogP contribution in [0, 0.1) is 0 Å². The van der Waals surface area contributed by atoms with Gasteiger partial charge in [-0.05, 0) is 55.7 Å². The number of unbranched alkanes of at least 4 members (excludes halogenated alkanes) is 4. The normalized spacial score (nSPS) is 12.6. The molecule has 0 spiro atoms. The van der Waals surface area contributed by atoms with Crippen molar-refractivity contribution in [1.82, 2.24) is 20.0 Å². The van der Waals surface area contributed by atoms with Gasteiger partial charge in [-0.3, -0.25) is 9.48 Å². The fourth-order valence-corrected chi connectivity index (χ4v) is 3.49. The van der Waals surface area contributed by atoms with Gasteiger partial charge in [0.1, 0.15) is 5.69 Å². The molecule has 0 saturated heterocycles. The molecule has 0 radical (unpaired) electrons. The maximum atomic E-state index is 12.6. The summed E-state index contributed by atoms with van der Waals surface area (Å²) in [5, 5.41) is 7.36. The molecule has 0 bridgehead atoms. The van der Waals surface area contributed by atoms with Gasteiger partial charge in [0.15, 0.2) is 0 Å². The molecule has 1 amide bonds. The smallest absolute Gasteiger partial charge is 0.270 e. The van der Waals surface area contributed by atoms with E-state index in [1.807, 2.05) is 6.92 Å². The SMILES string of the molecule is CCCCCN(CCCCC)CC(C)NC(=O)c1c(Br)cnn1CC. The number of hydrogen-bond donors (Lipinski definition) is 1. The Bertz CT molecular complexity index is 494. The van der Waals surface area contributed by atoms with Gasteiger partial charge in [0.25, 0.3) is 5.91 Å². The summed E-state index contributed by atoms with van der Waals surface area (Å²) in [6.45, 7) is 12.4. The van der Waals surface area contributed by atoms with Gasteiger partial charge in [0, 0.05) is 19.1 Å². The van der Waals surface area contributed by atoms with Crippen LogP contribution in [0.5, 0.6) is 0 Å². The van der Waals surface area contributed by atoms with Crippen molar-refractivity contribution in [2.24, 2.45) is 0 Å². The van der Waals surface area contributed by atoms with Crippen LogP contribution >= 0.6 is 15.9 Å². The van der Waals surface area contributed by atoms with Gasteiger partial charge in [-0.2, -0.15) is 5.10 Å². The lowest BCUT2D eigenvalue weighted by Gasteiger charge is -2.26. The Morgan fingerprint density at radius 1 is 1.20 bits per heavy atom. The van der Waals surface area contributed by atoms with E-state index in [-0.39, 0.29) is 11.9 Å². The van der Waals surface area contributed by atoms with Crippen molar-refractivity contribution in [2.45, 2.75) is 78.8 Å². The second kappa shape index (κ2) is 12.5. The van der Waals surface area contributed by atoms with Crippen LogP contribution in [0.25, 0.3) is 0 Å². The summed E-state index contributed by atoms with van der Waals surface area (Å²) >= 11 is 3.43. The predicted molar refractivity (Wildman–Crippen MR) is 108 cm³/mol. The molecule has 1 aromatic rings. The van der Waals surface area contributed by atoms with E-state index in [0.717, 1.165) is 24.1 Å². The van der Waals surface area contributed by atoms with Crippen LogP contribution in [0.15, 0.2) is 10.7 Å². The van der Waals surface area contributed by atoms with E-state index < -0.39 is 0 Å². The van der Waals surface area contributed by atoms with Crippen LogP contribution in [0.1, 0.15) is 76.7 Å². The summed E-state index contributed by atoms with van der Waals surface area (Å²) in [5.41, 5.74) is 0.609. The summed E-state index contributed by atoms with van der Waals surface area (Å²) in [6.07, 6.45) is 9.18. The maximum Gasteiger partial charge on any atom is 0.270 e. The van der Waals surface area contributed by atoms with Crippen molar-refractivity contribution < 1.29 is 4.79 Å². The largest absolute Gasteiger partial charge is 0.347 e. The molecule has 0 aromatic carbocycles. The topological polar surface area (TPSA) is 50.2 Å². The van der Waals surface area contributed by atoms with Crippen LogP contribution in [0.4, 0.5) is 0 Å². The fourth-order valence-electron chi connectivity index (χ4n) is 3.02. The number of hydrogen-bond acceptors (Lipinski definition) is 3. The molecule has 0 saturated carbocycles. The van der Waals surface area contributed by atoms with E-state index in [2.05, 4.69) is 52.0 Å². The third-order valence-electron chi connectivity index (χ3n) is 4.37. The molecule has 0 aliphatic rings. The van der Waals surface area contributed by atoms with Gasteiger partial charge in [-0.1, -0.05) is 39.5 Å². The molecule has 1 atom stereocenters. The quantitative estimate of drug-likeness (QED) is 0.484. The summed E-state index contributed by atoms with van der Waals surface area (Å²) in [4.78, 5) is 15.1. The predicted octanol–water partition coefficient (Wildman–Crippen LogP) is 4.47. The summed E-state index contributed by atoms with van der Waals surface area (Å²) in [6, 6.07) is 0.114. The van der Waals surface area contributed by atoms with E-state index in [4.69, 9.17) is 0 Å². The third kappa shape index (κ3) is 7.90. The lowest BCUT2D eigenvalue weighted by molar-refractivity contribution is 0.0916. The van der Waals surface area contributed by atoms with Crippen molar-refractivity contribution in [3.63, 3.8) is 0 Å². The van der Waals surface area contributed by atoms with Crippen LogP contribution < -0.4 is 5.32 Å². The van der Waals surface area contributed by atoms with Gasteiger partial charge in [0.05, 0.1) is 10.7 Å². The fraction of sp³-hybridized carbons (Fsp3) is 0.789. The average Bonchev–Trinajstić information content (AvgIpc) is 2.95. The van der Waals surface area contributed by atoms with E-state index in [0.29, 0.717) is 12.2 Å². The monoisotopic (exact) mass is 414 g/mol. The first-order chi connectivity index (χ1) is 12.0. The molecule has 1 N–H and O–H groups in total. The van der Waals surface area contributed by atoms with Gasteiger partial charge in [-0.25, -0.2) is 0 Å². The summed E-state index contributed by atoms with van der Waals surface area (Å²) in [5.74, 6) is -0.0548. The first-order valence-electron chi connectivity index (χ1n) is 9.77. The zero-order valence-corrected chi connectivity index (χ0v) is 17.9. The highest BCUT2D eigenvalue weighted by Gasteiger charge is 2.19. The number of carbonyl (C=O) groups is 1. The molecular formula is C19H35BrN4O. The first kappa shape index (κ1) is 22.2. The second-order valence-corrected chi connectivity index (χ2v) is 7.60. The molecule has 1 unspecified atom stereocenters. The Morgan fingerprint density at radius 2 is 1.80 bits per heavy atom. The molecule has 6 heteroatoms. The van der Waals surface area contributed by atoms with Crippen LogP contribution in [0.2, 0.25) is 0 Å². The molecule has 0 fully saturated rings. The number of aromatic nitrogens is 2. The van der Waals surface area contributed by atoms with Gasteiger partial charge in [0.2, 0.25) is 0 Å². The minimum Gasteiger partial charge on any atom is -0.347 e. The molecular weight excluding hydrogens is 380 g/mol.